The SMILES string of the molecule is O=c1cc(F)[nH]c(OC(F)(F)F)c1Cl. The Labute approximate surface area is 79.3 Å². The number of nitrogens with one attached hydrogen (secondary N) is 1. The summed E-state index contributed by atoms with van der Waals surface area (Å²) >= 11 is 5.14. The van der Waals surface area contributed by atoms with Gasteiger partial charge in [-0.25, -0.2) is 0 Å². The lowest BCUT2D eigenvalue weighted by atomic mass is 10.4. The van der Waals surface area contributed by atoms with Crippen molar-refractivity contribution in [3.63, 3.8) is 0 Å². The van der Waals surface area contributed by atoms with Crippen LogP contribution in [0.5, 0.6) is 5.88 Å². The summed E-state index contributed by atoms with van der Waals surface area (Å²) in [6.45, 7) is 0. The normalized spacial score (nSPS) is 11.5. The minimum atomic E-state index is -5.04. The first-order valence-electron chi connectivity index (χ1n) is 3.13. The van der Waals surface area contributed by atoms with Crippen molar-refractivity contribution in [1.29, 1.82) is 0 Å². The molecule has 0 saturated carbocycles. The van der Waals surface area contributed by atoms with Crippen LogP contribution in [0.1, 0.15) is 0 Å². The molecule has 0 atom stereocenters. The lowest BCUT2D eigenvalue weighted by Crippen LogP contribution is -2.20. The Kier molecular flexibility index (Phi) is 2.70. The van der Waals surface area contributed by atoms with Crippen molar-refractivity contribution in [2.45, 2.75) is 6.36 Å². The van der Waals surface area contributed by atoms with Gasteiger partial charge < -0.3 is 9.72 Å². The minimum absolute atomic E-state index is 0.408. The van der Waals surface area contributed by atoms with Gasteiger partial charge in [0.05, 0.1) is 0 Å². The van der Waals surface area contributed by atoms with Crippen molar-refractivity contribution >= 4 is 11.6 Å². The number of rotatable bonds is 1. The molecular weight excluding hydrogens is 230 g/mol. The van der Waals surface area contributed by atoms with E-state index in [2.05, 4.69) is 4.74 Å². The third-order valence-electron chi connectivity index (χ3n) is 1.12. The molecule has 0 spiro atoms. The minimum Gasteiger partial charge on any atom is -0.388 e. The smallest absolute Gasteiger partial charge is 0.388 e. The highest BCUT2D eigenvalue weighted by molar-refractivity contribution is 6.31. The quantitative estimate of drug-likeness (QED) is 0.594. The fraction of sp³-hybridized carbons (Fsp3) is 0.167. The van der Waals surface area contributed by atoms with Gasteiger partial charge in [-0.15, -0.1) is 13.2 Å². The molecule has 1 aromatic rings. The Morgan fingerprint density at radius 1 is 1.43 bits per heavy atom. The van der Waals surface area contributed by atoms with E-state index in [1.54, 1.807) is 0 Å². The molecule has 1 N–H and O–H groups in total. The van der Waals surface area contributed by atoms with Gasteiger partial charge in [0.2, 0.25) is 11.3 Å². The molecule has 0 aliphatic carbocycles. The van der Waals surface area contributed by atoms with Crippen molar-refractivity contribution < 1.29 is 22.3 Å². The van der Waals surface area contributed by atoms with Crippen LogP contribution in [0.2, 0.25) is 5.02 Å². The van der Waals surface area contributed by atoms with Crippen molar-refractivity contribution in [2.75, 3.05) is 0 Å². The Balaban J connectivity index is 3.15. The summed E-state index contributed by atoms with van der Waals surface area (Å²) in [5.74, 6) is -2.43. The summed E-state index contributed by atoms with van der Waals surface area (Å²) in [5.41, 5.74) is -1.10. The lowest BCUT2D eigenvalue weighted by molar-refractivity contribution is -0.276. The van der Waals surface area contributed by atoms with Crippen LogP contribution in [-0.2, 0) is 0 Å². The van der Waals surface area contributed by atoms with Gasteiger partial charge in [-0.05, 0) is 0 Å². The van der Waals surface area contributed by atoms with Crippen LogP contribution >= 0.6 is 11.6 Å². The van der Waals surface area contributed by atoms with Crippen molar-refractivity contribution in [3.8, 4) is 5.88 Å². The molecule has 3 nitrogen and oxygen atoms in total. The highest BCUT2D eigenvalue weighted by atomic mass is 35.5. The molecule has 0 aliphatic heterocycles. The molecule has 1 aromatic heterocycles. The van der Waals surface area contributed by atoms with Crippen molar-refractivity contribution in [2.24, 2.45) is 0 Å². The average molecular weight is 232 g/mol. The monoisotopic (exact) mass is 231 g/mol. The van der Waals surface area contributed by atoms with Crippen LogP contribution in [0.25, 0.3) is 0 Å². The van der Waals surface area contributed by atoms with E-state index in [0.717, 1.165) is 0 Å². The van der Waals surface area contributed by atoms with Crippen LogP contribution in [-0.4, -0.2) is 11.3 Å². The van der Waals surface area contributed by atoms with E-state index in [1.807, 2.05) is 0 Å². The summed E-state index contributed by atoms with van der Waals surface area (Å²) in [6.07, 6.45) is -5.04. The highest BCUT2D eigenvalue weighted by Gasteiger charge is 2.33. The zero-order chi connectivity index (χ0) is 10.9. The maximum absolute atomic E-state index is 12.4. The van der Waals surface area contributed by atoms with Crippen LogP contribution < -0.4 is 10.2 Å². The van der Waals surface area contributed by atoms with E-state index >= 15 is 0 Å². The first-order chi connectivity index (χ1) is 6.29. The lowest BCUT2D eigenvalue weighted by Gasteiger charge is -2.09. The number of aromatic nitrogens is 1. The second kappa shape index (κ2) is 3.49. The molecule has 0 fully saturated rings. The molecule has 14 heavy (non-hydrogen) atoms. The maximum Gasteiger partial charge on any atom is 0.574 e. The summed E-state index contributed by atoms with van der Waals surface area (Å²) in [5, 5.41) is -0.858. The van der Waals surface area contributed by atoms with Gasteiger partial charge in [0, 0.05) is 6.07 Å². The van der Waals surface area contributed by atoms with Crippen LogP contribution in [0.3, 0.4) is 0 Å². The number of ether oxygens (including phenoxy) is 1. The fourth-order valence-corrected chi connectivity index (χ4v) is 0.816. The number of alkyl halides is 3. The Hall–Kier alpha value is -1.24. The van der Waals surface area contributed by atoms with Gasteiger partial charge in [0.1, 0.15) is 5.02 Å². The number of aromatic amines is 1. The molecule has 78 valence electrons. The molecule has 8 heteroatoms. The molecule has 0 unspecified atom stereocenters. The van der Waals surface area contributed by atoms with Gasteiger partial charge in [-0.1, -0.05) is 11.6 Å². The van der Waals surface area contributed by atoms with E-state index in [-0.39, 0.29) is 0 Å². The first-order valence-corrected chi connectivity index (χ1v) is 3.51. The van der Waals surface area contributed by atoms with Crippen LogP contribution in [0.15, 0.2) is 10.9 Å². The summed E-state index contributed by atoms with van der Waals surface area (Å²) in [6, 6.07) is 0.408. The summed E-state index contributed by atoms with van der Waals surface area (Å²) in [7, 11) is 0. The van der Waals surface area contributed by atoms with Gasteiger partial charge in [0.15, 0.2) is 5.95 Å². The van der Waals surface area contributed by atoms with Crippen LogP contribution in [0, 0.1) is 5.95 Å². The third kappa shape index (κ3) is 2.63. The maximum atomic E-state index is 12.4. The van der Waals surface area contributed by atoms with Crippen molar-refractivity contribution in [3.05, 3.63) is 27.3 Å². The molecule has 0 aliphatic rings. The second-order valence-corrected chi connectivity index (χ2v) is 2.55. The molecule has 0 radical (unpaired) electrons. The van der Waals surface area contributed by atoms with Crippen molar-refractivity contribution in [1.82, 2.24) is 4.98 Å². The number of H-pyrrole nitrogens is 1. The van der Waals surface area contributed by atoms with E-state index in [0.29, 0.717) is 6.07 Å². The van der Waals surface area contributed by atoms with Gasteiger partial charge in [0.25, 0.3) is 0 Å². The topological polar surface area (TPSA) is 42.1 Å². The summed E-state index contributed by atoms with van der Waals surface area (Å²) < 4.78 is 50.7. The highest BCUT2D eigenvalue weighted by Crippen LogP contribution is 2.25. The van der Waals surface area contributed by atoms with E-state index < -0.39 is 28.6 Å². The molecular formula is C6H2ClF4NO2. The number of hydrogen-bond donors (Lipinski definition) is 1. The van der Waals surface area contributed by atoms with E-state index in [1.165, 1.54) is 4.98 Å². The van der Waals surface area contributed by atoms with Gasteiger partial charge >= 0.3 is 6.36 Å². The largest absolute Gasteiger partial charge is 0.574 e. The predicted octanol–water partition coefficient (Wildman–Crippen LogP) is 2.07. The number of pyridine rings is 1. The van der Waals surface area contributed by atoms with E-state index in [9.17, 15) is 22.4 Å². The molecule has 0 bridgehead atoms. The van der Waals surface area contributed by atoms with Gasteiger partial charge in [-0.2, -0.15) is 4.39 Å². The number of halogens is 5. The number of hydrogen-bond acceptors (Lipinski definition) is 2. The first kappa shape index (κ1) is 10.8. The Morgan fingerprint density at radius 3 is 2.50 bits per heavy atom. The van der Waals surface area contributed by atoms with E-state index in [4.69, 9.17) is 11.6 Å². The Bertz CT molecular complexity index is 400. The molecule has 1 heterocycles. The van der Waals surface area contributed by atoms with Crippen LogP contribution in [0.4, 0.5) is 17.6 Å². The second-order valence-electron chi connectivity index (χ2n) is 2.17. The fourth-order valence-electron chi connectivity index (χ4n) is 0.676. The molecule has 0 saturated heterocycles. The predicted molar refractivity (Wildman–Crippen MR) is 38.7 cm³/mol. The third-order valence-corrected chi connectivity index (χ3v) is 1.48. The standard InChI is InChI=1S/C6H2ClF4NO2/c7-4-2(13)1-3(8)12-5(4)14-6(9,10)11/h1H,(H,12,13). The van der Waals surface area contributed by atoms with Gasteiger partial charge in [-0.3, -0.25) is 4.79 Å². The molecule has 0 amide bonds. The zero-order valence-corrected chi connectivity index (χ0v) is 7.04. The zero-order valence-electron chi connectivity index (χ0n) is 6.28. The Morgan fingerprint density at radius 2 is 2.00 bits per heavy atom. The molecule has 1 rings (SSSR count). The molecule has 0 aromatic carbocycles. The summed E-state index contributed by atoms with van der Waals surface area (Å²) in [4.78, 5) is 12.2. The average Bonchev–Trinajstić information content (AvgIpc) is 1.96.